The van der Waals surface area contributed by atoms with Crippen molar-refractivity contribution < 1.29 is 14.6 Å². The van der Waals surface area contributed by atoms with Crippen molar-refractivity contribution in [1.29, 1.82) is 0 Å². The van der Waals surface area contributed by atoms with Crippen LogP contribution in [0.1, 0.15) is 55.9 Å². The van der Waals surface area contributed by atoms with Crippen LogP contribution in [-0.2, 0) is 19.4 Å². The highest BCUT2D eigenvalue weighted by atomic mass is 16.5. The molecule has 3 atom stereocenters. The molecule has 0 saturated heterocycles. The molecule has 0 radical (unpaired) electrons. The predicted octanol–water partition coefficient (Wildman–Crippen LogP) is 6.35. The van der Waals surface area contributed by atoms with Gasteiger partial charge in [0.2, 0.25) is 0 Å². The fourth-order valence-electron chi connectivity index (χ4n) is 5.80. The van der Waals surface area contributed by atoms with Gasteiger partial charge in [-0.25, -0.2) is 0 Å². The largest absolute Gasteiger partial charge is 0.488 e. The summed E-state index contributed by atoms with van der Waals surface area (Å²) in [5, 5.41) is 10.7. The van der Waals surface area contributed by atoms with Crippen molar-refractivity contribution in [3.63, 3.8) is 0 Å². The molecule has 3 aromatic carbocycles. The Kier molecular flexibility index (Phi) is 5.70. The topological polar surface area (TPSA) is 38.7 Å². The summed E-state index contributed by atoms with van der Waals surface area (Å²) in [5.74, 6) is 2.08. The molecule has 172 valence electrons. The Hall–Kier alpha value is -2.78. The van der Waals surface area contributed by atoms with Gasteiger partial charge in [0.25, 0.3) is 0 Å². The molecule has 0 aromatic heterocycles. The van der Waals surface area contributed by atoms with Gasteiger partial charge >= 0.3 is 0 Å². The van der Waals surface area contributed by atoms with E-state index in [1.54, 1.807) is 0 Å². The van der Waals surface area contributed by atoms with Crippen LogP contribution in [-0.4, -0.2) is 16.8 Å². The highest BCUT2D eigenvalue weighted by molar-refractivity contribution is 5.50. The number of benzene rings is 3. The van der Waals surface area contributed by atoms with Gasteiger partial charge in [-0.15, -0.1) is 0 Å². The SMILES string of the molecule is CC1(C)[C@H](O)CC[C@@]2(C)Oc3cc(OCc4ccccc4)c(Cc4ccccc4)cc3C[C@H]12. The number of hydrogen-bond donors (Lipinski definition) is 1. The van der Waals surface area contributed by atoms with Crippen molar-refractivity contribution in [3.8, 4) is 11.5 Å². The molecule has 1 N–H and O–H groups in total. The zero-order valence-corrected chi connectivity index (χ0v) is 19.9. The second kappa shape index (κ2) is 8.53. The lowest BCUT2D eigenvalue weighted by Gasteiger charge is -2.55. The number of aliphatic hydroxyl groups excluding tert-OH is 1. The highest BCUT2D eigenvalue weighted by Gasteiger charge is 2.54. The zero-order valence-electron chi connectivity index (χ0n) is 19.9. The molecule has 3 aromatic rings. The summed E-state index contributed by atoms with van der Waals surface area (Å²) in [4.78, 5) is 0. The third-order valence-electron chi connectivity index (χ3n) is 7.89. The third-order valence-corrected chi connectivity index (χ3v) is 7.89. The van der Waals surface area contributed by atoms with Gasteiger partial charge in [0, 0.05) is 18.4 Å². The summed E-state index contributed by atoms with van der Waals surface area (Å²) in [6.07, 6.45) is 3.08. The second-order valence-electron chi connectivity index (χ2n) is 10.6. The zero-order chi connectivity index (χ0) is 23.1. The Balaban J connectivity index is 1.51. The van der Waals surface area contributed by atoms with Gasteiger partial charge in [-0.2, -0.15) is 0 Å². The van der Waals surface area contributed by atoms with Crippen LogP contribution in [0.4, 0.5) is 0 Å². The molecule has 0 amide bonds. The molecular formula is C30H34O3. The Bertz CT molecular complexity index is 1110. The monoisotopic (exact) mass is 442 g/mol. The quantitative estimate of drug-likeness (QED) is 0.501. The van der Waals surface area contributed by atoms with Gasteiger partial charge in [0.05, 0.1) is 6.10 Å². The van der Waals surface area contributed by atoms with Gasteiger partial charge in [0.15, 0.2) is 0 Å². The maximum atomic E-state index is 10.7. The molecule has 3 nitrogen and oxygen atoms in total. The second-order valence-corrected chi connectivity index (χ2v) is 10.6. The third kappa shape index (κ3) is 4.27. The van der Waals surface area contributed by atoms with Gasteiger partial charge in [-0.05, 0) is 59.9 Å². The van der Waals surface area contributed by atoms with Gasteiger partial charge in [-0.1, -0.05) is 74.5 Å². The highest BCUT2D eigenvalue weighted by Crippen LogP contribution is 2.53. The molecule has 0 unspecified atom stereocenters. The van der Waals surface area contributed by atoms with Crippen molar-refractivity contribution >= 4 is 0 Å². The molecule has 3 heteroatoms. The van der Waals surface area contributed by atoms with Crippen LogP contribution in [0, 0.1) is 11.3 Å². The lowest BCUT2D eigenvalue weighted by molar-refractivity contribution is -0.137. The van der Waals surface area contributed by atoms with E-state index in [0.717, 1.165) is 42.7 Å². The van der Waals surface area contributed by atoms with E-state index in [9.17, 15) is 5.11 Å². The lowest BCUT2D eigenvalue weighted by atomic mass is 9.57. The van der Waals surface area contributed by atoms with E-state index in [1.165, 1.54) is 16.7 Å². The van der Waals surface area contributed by atoms with Crippen LogP contribution >= 0.6 is 0 Å². The van der Waals surface area contributed by atoms with Crippen molar-refractivity contribution in [2.45, 2.75) is 64.8 Å². The minimum atomic E-state index is -0.294. The first-order valence-electron chi connectivity index (χ1n) is 12.1. The first kappa shape index (κ1) is 22.0. The summed E-state index contributed by atoms with van der Waals surface area (Å²) in [5.41, 5.74) is 4.35. The van der Waals surface area contributed by atoms with Crippen LogP contribution < -0.4 is 9.47 Å². The average molecular weight is 443 g/mol. The van der Waals surface area contributed by atoms with E-state index < -0.39 is 0 Å². The Morgan fingerprint density at radius 3 is 2.30 bits per heavy atom. The predicted molar refractivity (Wildman–Crippen MR) is 132 cm³/mol. The van der Waals surface area contributed by atoms with Crippen LogP contribution in [0.5, 0.6) is 11.5 Å². The average Bonchev–Trinajstić information content (AvgIpc) is 2.81. The fraction of sp³-hybridized carbons (Fsp3) is 0.400. The van der Waals surface area contributed by atoms with Gasteiger partial charge < -0.3 is 14.6 Å². The van der Waals surface area contributed by atoms with E-state index in [2.05, 4.69) is 69.3 Å². The summed E-state index contributed by atoms with van der Waals surface area (Å²) in [7, 11) is 0. The van der Waals surface area contributed by atoms with Crippen LogP contribution in [0.25, 0.3) is 0 Å². The molecule has 2 aliphatic rings. The summed E-state index contributed by atoms with van der Waals surface area (Å²) in [6, 6.07) is 25.2. The molecule has 1 saturated carbocycles. The number of aliphatic hydroxyl groups is 1. The Morgan fingerprint density at radius 2 is 1.61 bits per heavy atom. The minimum Gasteiger partial charge on any atom is -0.488 e. The summed E-state index contributed by atoms with van der Waals surface area (Å²) in [6.45, 7) is 7.13. The molecule has 1 aliphatic carbocycles. The van der Waals surface area contributed by atoms with Crippen LogP contribution in [0.3, 0.4) is 0 Å². The first-order valence-corrected chi connectivity index (χ1v) is 12.1. The molecule has 1 aliphatic heterocycles. The first-order chi connectivity index (χ1) is 15.8. The van der Waals surface area contributed by atoms with Gasteiger partial charge in [0.1, 0.15) is 23.7 Å². The lowest BCUT2D eigenvalue weighted by Crippen LogP contribution is -2.58. The van der Waals surface area contributed by atoms with E-state index in [1.807, 2.05) is 24.3 Å². The van der Waals surface area contributed by atoms with Crippen molar-refractivity contribution in [2.24, 2.45) is 11.3 Å². The van der Waals surface area contributed by atoms with E-state index >= 15 is 0 Å². The van der Waals surface area contributed by atoms with Crippen LogP contribution in [0.15, 0.2) is 72.8 Å². The van der Waals surface area contributed by atoms with Crippen LogP contribution in [0.2, 0.25) is 0 Å². The van der Waals surface area contributed by atoms with Crippen molar-refractivity contribution in [3.05, 3.63) is 95.1 Å². The molecule has 1 fully saturated rings. The van der Waals surface area contributed by atoms with E-state index in [4.69, 9.17) is 9.47 Å². The van der Waals surface area contributed by atoms with E-state index in [-0.39, 0.29) is 23.0 Å². The number of hydrogen-bond acceptors (Lipinski definition) is 3. The number of fused-ring (bicyclic) bond motifs is 2. The molecular weight excluding hydrogens is 408 g/mol. The Labute approximate surface area is 197 Å². The summed E-state index contributed by atoms with van der Waals surface area (Å²) >= 11 is 0. The van der Waals surface area contributed by atoms with Crippen molar-refractivity contribution in [2.75, 3.05) is 0 Å². The van der Waals surface area contributed by atoms with Gasteiger partial charge in [-0.3, -0.25) is 0 Å². The maximum Gasteiger partial charge on any atom is 0.127 e. The van der Waals surface area contributed by atoms with E-state index in [0.29, 0.717) is 6.61 Å². The number of rotatable bonds is 5. The minimum absolute atomic E-state index is 0.188. The molecule has 1 heterocycles. The standard InChI is InChI=1S/C30H34O3/c1-29(2)27-18-24-17-23(16-21-10-6-4-7-11-21)25(32-20-22-12-8-5-9-13-22)19-26(24)33-30(27,3)15-14-28(29)31/h4-13,17,19,27-28,31H,14-16,18,20H2,1-3H3/t27-,28-,30-/m1/s1. The summed E-state index contributed by atoms with van der Waals surface area (Å²) < 4.78 is 13.1. The molecule has 33 heavy (non-hydrogen) atoms. The molecule has 0 bridgehead atoms. The van der Waals surface area contributed by atoms with Crippen molar-refractivity contribution in [1.82, 2.24) is 0 Å². The smallest absolute Gasteiger partial charge is 0.127 e. The molecule has 5 rings (SSSR count). The molecule has 0 spiro atoms. The fourth-order valence-corrected chi connectivity index (χ4v) is 5.80. The number of ether oxygens (including phenoxy) is 2. The maximum absolute atomic E-state index is 10.7. The normalized spacial score (nSPS) is 25.5. The Morgan fingerprint density at radius 1 is 0.939 bits per heavy atom.